The molecule has 104 valence electrons. The van der Waals surface area contributed by atoms with Crippen LogP contribution >= 0.6 is 15.9 Å². The Morgan fingerprint density at radius 1 is 1.30 bits per heavy atom. The number of hydrogen-bond donors (Lipinski definition) is 1. The molecule has 0 spiro atoms. The average molecular weight is 334 g/mol. The van der Waals surface area contributed by atoms with Crippen molar-refractivity contribution in [1.29, 1.82) is 0 Å². The predicted octanol–water partition coefficient (Wildman–Crippen LogP) is 3.59. The standard InChI is InChI=1S/C15H16BrN3O/c1-8-4-11(16)5-10-6-13(20-15(8)10)14(17)12-7-19(3)18-9(12)2/h4-7,14H,17H2,1-3H3. The second-order valence-corrected chi connectivity index (χ2v) is 6.03. The van der Waals surface area contributed by atoms with E-state index in [-0.39, 0.29) is 6.04 Å². The summed E-state index contributed by atoms with van der Waals surface area (Å²) in [6, 6.07) is 5.79. The van der Waals surface area contributed by atoms with Gasteiger partial charge in [-0.2, -0.15) is 5.10 Å². The molecule has 4 nitrogen and oxygen atoms in total. The lowest BCUT2D eigenvalue weighted by Crippen LogP contribution is -2.11. The zero-order chi connectivity index (χ0) is 14.4. The summed E-state index contributed by atoms with van der Waals surface area (Å²) >= 11 is 3.50. The van der Waals surface area contributed by atoms with Crippen LogP contribution in [0.15, 0.2) is 33.3 Å². The number of nitrogens with zero attached hydrogens (tertiary/aromatic N) is 2. The number of benzene rings is 1. The number of fused-ring (bicyclic) bond motifs is 1. The Morgan fingerprint density at radius 2 is 2.05 bits per heavy atom. The molecule has 3 rings (SSSR count). The van der Waals surface area contributed by atoms with Crippen LogP contribution in [0.3, 0.4) is 0 Å². The first-order valence-electron chi connectivity index (χ1n) is 6.41. The van der Waals surface area contributed by atoms with Crippen LogP contribution in [0.1, 0.15) is 28.6 Å². The van der Waals surface area contributed by atoms with Gasteiger partial charge in [0.1, 0.15) is 11.3 Å². The molecule has 2 aromatic heterocycles. The van der Waals surface area contributed by atoms with Crippen molar-refractivity contribution in [1.82, 2.24) is 9.78 Å². The Kier molecular flexibility index (Phi) is 3.18. The summed E-state index contributed by atoms with van der Waals surface area (Å²) in [5.74, 6) is 0.761. The number of furan rings is 1. The lowest BCUT2D eigenvalue weighted by molar-refractivity contribution is 0.522. The van der Waals surface area contributed by atoms with Gasteiger partial charge in [0.25, 0.3) is 0 Å². The molecule has 3 aromatic rings. The van der Waals surface area contributed by atoms with Gasteiger partial charge < -0.3 is 10.2 Å². The van der Waals surface area contributed by atoms with E-state index in [4.69, 9.17) is 10.2 Å². The minimum atomic E-state index is -0.297. The van der Waals surface area contributed by atoms with E-state index in [9.17, 15) is 0 Å². The number of halogens is 1. The number of aryl methyl sites for hydroxylation is 3. The van der Waals surface area contributed by atoms with Crippen molar-refractivity contribution < 1.29 is 4.42 Å². The fourth-order valence-electron chi connectivity index (χ4n) is 2.53. The molecule has 1 unspecified atom stereocenters. The fourth-order valence-corrected chi connectivity index (χ4v) is 3.12. The lowest BCUT2D eigenvalue weighted by atomic mass is 10.1. The molecule has 2 N–H and O–H groups in total. The Hall–Kier alpha value is -1.59. The van der Waals surface area contributed by atoms with Crippen molar-refractivity contribution in [3.63, 3.8) is 0 Å². The van der Waals surface area contributed by atoms with Gasteiger partial charge in [0, 0.05) is 28.7 Å². The third kappa shape index (κ3) is 2.17. The Labute approximate surface area is 125 Å². The summed E-state index contributed by atoms with van der Waals surface area (Å²) in [7, 11) is 1.89. The molecule has 1 atom stereocenters. The SMILES string of the molecule is Cc1nn(C)cc1C(N)c1cc2cc(Br)cc(C)c2o1. The second kappa shape index (κ2) is 4.75. The highest BCUT2D eigenvalue weighted by molar-refractivity contribution is 9.10. The molecular weight excluding hydrogens is 318 g/mol. The first kappa shape index (κ1) is 13.4. The number of nitrogens with two attached hydrogens (primary N) is 1. The van der Waals surface area contributed by atoms with E-state index in [1.54, 1.807) is 4.68 Å². The van der Waals surface area contributed by atoms with Crippen LogP contribution in [0, 0.1) is 13.8 Å². The first-order chi connectivity index (χ1) is 9.45. The van der Waals surface area contributed by atoms with E-state index in [0.29, 0.717) is 0 Å². The predicted molar refractivity (Wildman–Crippen MR) is 82.6 cm³/mol. The van der Waals surface area contributed by atoms with E-state index in [1.807, 2.05) is 45.3 Å². The highest BCUT2D eigenvalue weighted by Gasteiger charge is 2.19. The molecule has 20 heavy (non-hydrogen) atoms. The van der Waals surface area contributed by atoms with E-state index in [1.165, 1.54) is 0 Å². The van der Waals surface area contributed by atoms with E-state index in [0.717, 1.165) is 38.0 Å². The minimum absolute atomic E-state index is 0.297. The Balaban J connectivity index is 2.10. The van der Waals surface area contributed by atoms with Crippen molar-refractivity contribution in [2.45, 2.75) is 19.9 Å². The molecule has 2 heterocycles. The van der Waals surface area contributed by atoms with Crippen molar-refractivity contribution in [2.24, 2.45) is 12.8 Å². The lowest BCUT2D eigenvalue weighted by Gasteiger charge is -2.06. The van der Waals surface area contributed by atoms with Crippen LogP contribution in [-0.4, -0.2) is 9.78 Å². The highest BCUT2D eigenvalue weighted by atomic mass is 79.9. The first-order valence-corrected chi connectivity index (χ1v) is 7.20. The highest BCUT2D eigenvalue weighted by Crippen LogP contribution is 2.31. The summed E-state index contributed by atoms with van der Waals surface area (Å²) in [5.41, 5.74) is 10.2. The van der Waals surface area contributed by atoms with Gasteiger partial charge >= 0.3 is 0 Å². The molecule has 0 aliphatic carbocycles. The third-order valence-corrected chi connectivity index (χ3v) is 3.94. The summed E-state index contributed by atoms with van der Waals surface area (Å²) < 4.78 is 8.77. The smallest absolute Gasteiger partial charge is 0.137 e. The maximum atomic E-state index is 6.32. The molecule has 0 radical (unpaired) electrons. The molecule has 0 saturated heterocycles. The zero-order valence-corrected chi connectivity index (χ0v) is 13.2. The molecular formula is C15H16BrN3O. The number of aromatic nitrogens is 2. The van der Waals surface area contributed by atoms with Crippen LogP contribution in [-0.2, 0) is 7.05 Å². The van der Waals surface area contributed by atoms with Crippen LogP contribution in [0.4, 0.5) is 0 Å². The van der Waals surface area contributed by atoms with Crippen molar-refractivity contribution in [3.8, 4) is 0 Å². The number of hydrogen-bond acceptors (Lipinski definition) is 3. The van der Waals surface area contributed by atoms with E-state index >= 15 is 0 Å². The van der Waals surface area contributed by atoms with Gasteiger partial charge in [0.2, 0.25) is 0 Å². The summed E-state index contributed by atoms with van der Waals surface area (Å²) in [6.07, 6.45) is 1.94. The zero-order valence-electron chi connectivity index (χ0n) is 11.6. The largest absolute Gasteiger partial charge is 0.459 e. The molecule has 0 aliphatic heterocycles. The maximum absolute atomic E-state index is 6.32. The normalized spacial score (nSPS) is 13.1. The van der Waals surface area contributed by atoms with E-state index in [2.05, 4.69) is 21.0 Å². The van der Waals surface area contributed by atoms with Gasteiger partial charge in [-0.1, -0.05) is 15.9 Å². The molecule has 1 aromatic carbocycles. The summed E-state index contributed by atoms with van der Waals surface area (Å²) in [6.45, 7) is 3.99. The summed E-state index contributed by atoms with van der Waals surface area (Å²) in [5, 5.41) is 5.39. The van der Waals surface area contributed by atoms with Gasteiger partial charge in [-0.05, 0) is 37.6 Å². The van der Waals surface area contributed by atoms with E-state index < -0.39 is 0 Å². The van der Waals surface area contributed by atoms with Crippen molar-refractivity contribution in [3.05, 3.63) is 51.4 Å². The van der Waals surface area contributed by atoms with Crippen molar-refractivity contribution >= 4 is 26.9 Å². The van der Waals surface area contributed by atoms with Crippen LogP contribution < -0.4 is 5.73 Å². The monoisotopic (exact) mass is 333 g/mol. The van der Waals surface area contributed by atoms with Gasteiger partial charge in [0.15, 0.2) is 0 Å². The van der Waals surface area contributed by atoms with Gasteiger partial charge in [0.05, 0.1) is 11.7 Å². The maximum Gasteiger partial charge on any atom is 0.137 e. The van der Waals surface area contributed by atoms with Gasteiger partial charge in [-0.15, -0.1) is 0 Å². The fraction of sp³-hybridized carbons (Fsp3) is 0.267. The quantitative estimate of drug-likeness (QED) is 0.779. The summed E-state index contributed by atoms with van der Waals surface area (Å²) in [4.78, 5) is 0. The second-order valence-electron chi connectivity index (χ2n) is 5.11. The Morgan fingerprint density at radius 3 is 2.70 bits per heavy atom. The van der Waals surface area contributed by atoms with Crippen LogP contribution in [0.25, 0.3) is 11.0 Å². The topological polar surface area (TPSA) is 57.0 Å². The molecule has 0 amide bonds. The van der Waals surface area contributed by atoms with Gasteiger partial charge in [-0.3, -0.25) is 4.68 Å². The molecule has 0 bridgehead atoms. The van der Waals surface area contributed by atoms with Crippen LogP contribution in [0.2, 0.25) is 0 Å². The Bertz CT molecular complexity index is 788. The van der Waals surface area contributed by atoms with Crippen molar-refractivity contribution in [2.75, 3.05) is 0 Å². The average Bonchev–Trinajstić information content (AvgIpc) is 2.92. The molecule has 0 saturated carbocycles. The molecule has 0 aliphatic rings. The van der Waals surface area contributed by atoms with Gasteiger partial charge in [-0.25, -0.2) is 0 Å². The third-order valence-electron chi connectivity index (χ3n) is 3.48. The number of rotatable bonds is 2. The minimum Gasteiger partial charge on any atom is -0.459 e. The van der Waals surface area contributed by atoms with Crippen LogP contribution in [0.5, 0.6) is 0 Å². The molecule has 5 heteroatoms. The molecule has 0 fully saturated rings.